The highest BCUT2D eigenvalue weighted by Gasteiger charge is 2.15. The Kier molecular flexibility index (Phi) is 3.55. The van der Waals surface area contributed by atoms with Crippen LogP contribution in [0.15, 0.2) is 40.9 Å². The van der Waals surface area contributed by atoms with Crippen molar-refractivity contribution in [2.45, 2.75) is 26.3 Å². The van der Waals surface area contributed by atoms with Crippen molar-refractivity contribution in [3.63, 3.8) is 0 Å². The maximum atomic E-state index is 11.7. The number of hydrogen-bond acceptors (Lipinski definition) is 3. The average Bonchev–Trinajstić information content (AvgIpc) is 2.76. The second-order valence-corrected chi connectivity index (χ2v) is 5.27. The first kappa shape index (κ1) is 13.1. The molecule has 5 heteroatoms. The van der Waals surface area contributed by atoms with Crippen LogP contribution in [0.25, 0.3) is 11.3 Å². The molecule has 0 atom stereocenters. The van der Waals surface area contributed by atoms with Gasteiger partial charge < -0.3 is 9.84 Å². The van der Waals surface area contributed by atoms with Crippen LogP contribution in [-0.2, 0) is 0 Å². The zero-order chi connectivity index (χ0) is 13.9. The lowest BCUT2D eigenvalue weighted by Gasteiger charge is -2.19. The van der Waals surface area contributed by atoms with Crippen molar-refractivity contribution in [2.75, 3.05) is 5.32 Å². The Morgan fingerprint density at radius 3 is 2.53 bits per heavy atom. The molecule has 0 saturated heterocycles. The molecule has 0 aliphatic carbocycles. The maximum absolute atomic E-state index is 11.7. The van der Waals surface area contributed by atoms with Gasteiger partial charge in [-0.2, -0.15) is 0 Å². The molecule has 0 fully saturated rings. The number of nitrogens with zero attached hydrogens (tertiary/aromatic N) is 1. The van der Waals surface area contributed by atoms with E-state index in [0.717, 1.165) is 5.56 Å². The van der Waals surface area contributed by atoms with Crippen molar-refractivity contribution < 1.29 is 9.32 Å². The van der Waals surface area contributed by atoms with Gasteiger partial charge in [0.1, 0.15) is 0 Å². The van der Waals surface area contributed by atoms with Crippen LogP contribution in [0.5, 0.6) is 0 Å². The lowest BCUT2D eigenvalue weighted by Crippen LogP contribution is -2.43. The largest absolute Gasteiger partial charge is 0.354 e. The van der Waals surface area contributed by atoms with E-state index in [1.165, 1.54) is 0 Å². The minimum absolute atomic E-state index is 0.296. The number of benzene rings is 1. The third-order valence-corrected chi connectivity index (χ3v) is 2.30. The van der Waals surface area contributed by atoms with E-state index < -0.39 is 0 Å². The summed E-state index contributed by atoms with van der Waals surface area (Å²) in [5.41, 5.74) is 0.620. The van der Waals surface area contributed by atoms with Gasteiger partial charge >= 0.3 is 6.03 Å². The molecular formula is C14H17N3O2. The van der Waals surface area contributed by atoms with E-state index in [1.807, 2.05) is 51.1 Å². The molecule has 19 heavy (non-hydrogen) atoms. The predicted octanol–water partition coefficient (Wildman–Crippen LogP) is 3.26. The first-order chi connectivity index (χ1) is 8.94. The zero-order valence-corrected chi connectivity index (χ0v) is 11.2. The van der Waals surface area contributed by atoms with Crippen molar-refractivity contribution in [3.8, 4) is 11.3 Å². The Hall–Kier alpha value is -2.30. The van der Waals surface area contributed by atoms with E-state index in [-0.39, 0.29) is 11.6 Å². The number of hydrogen-bond donors (Lipinski definition) is 2. The summed E-state index contributed by atoms with van der Waals surface area (Å²) < 4.78 is 5.19. The number of urea groups is 1. The van der Waals surface area contributed by atoms with Gasteiger partial charge in [-0.1, -0.05) is 35.5 Å². The molecule has 100 valence electrons. The minimum atomic E-state index is -0.305. The number of rotatable bonds is 2. The quantitative estimate of drug-likeness (QED) is 0.869. The fourth-order valence-electron chi connectivity index (χ4n) is 1.56. The SMILES string of the molecule is CC(C)(C)NC(=O)Nc1cc(-c2ccccc2)on1. The van der Waals surface area contributed by atoms with Crippen molar-refractivity contribution in [1.82, 2.24) is 10.5 Å². The molecule has 1 aromatic heterocycles. The van der Waals surface area contributed by atoms with Gasteiger partial charge in [0.05, 0.1) is 0 Å². The van der Waals surface area contributed by atoms with Crippen LogP contribution >= 0.6 is 0 Å². The lowest BCUT2D eigenvalue weighted by atomic mass is 10.1. The fraction of sp³-hybridized carbons (Fsp3) is 0.286. The van der Waals surface area contributed by atoms with Crippen molar-refractivity contribution in [3.05, 3.63) is 36.4 Å². The average molecular weight is 259 g/mol. The number of carbonyl (C=O) groups is 1. The summed E-state index contributed by atoms with van der Waals surface area (Å²) in [4.78, 5) is 11.7. The Labute approximate surface area is 112 Å². The van der Waals surface area contributed by atoms with Crippen molar-refractivity contribution >= 4 is 11.8 Å². The number of nitrogens with one attached hydrogen (secondary N) is 2. The highest BCUT2D eigenvalue weighted by atomic mass is 16.5. The first-order valence-corrected chi connectivity index (χ1v) is 6.05. The molecule has 1 heterocycles. The van der Waals surface area contributed by atoms with Gasteiger partial charge in [0.2, 0.25) is 0 Å². The molecule has 2 rings (SSSR count). The van der Waals surface area contributed by atoms with Crippen LogP contribution in [0.2, 0.25) is 0 Å². The third-order valence-electron chi connectivity index (χ3n) is 2.30. The van der Waals surface area contributed by atoms with Gasteiger partial charge in [0.25, 0.3) is 0 Å². The van der Waals surface area contributed by atoms with Gasteiger partial charge in [-0.15, -0.1) is 0 Å². The molecule has 2 amide bonds. The molecule has 0 unspecified atom stereocenters. The molecule has 2 aromatic rings. The van der Waals surface area contributed by atoms with E-state index in [9.17, 15) is 4.79 Å². The molecule has 0 bridgehead atoms. The Balaban J connectivity index is 2.04. The fourth-order valence-corrected chi connectivity index (χ4v) is 1.56. The normalized spacial score (nSPS) is 11.1. The van der Waals surface area contributed by atoms with E-state index in [1.54, 1.807) is 6.07 Å². The van der Waals surface area contributed by atoms with Gasteiger partial charge in [-0.3, -0.25) is 5.32 Å². The van der Waals surface area contributed by atoms with Gasteiger partial charge in [-0.25, -0.2) is 4.79 Å². The summed E-state index contributed by atoms with van der Waals surface area (Å²) in [5, 5.41) is 9.23. The highest BCUT2D eigenvalue weighted by molar-refractivity contribution is 5.89. The summed E-state index contributed by atoms with van der Waals surface area (Å²) in [6.07, 6.45) is 0. The summed E-state index contributed by atoms with van der Waals surface area (Å²) in [6, 6.07) is 11.0. The second kappa shape index (κ2) is 5.14. The second-order valence-electron chi connectivity index (χ2n) is 5.27. The van der Waals surface area contributed by atoms with Crippen molar-refractivity contribution in [1.29, 1.82) is 0 Å². The summed E-state index contributed by atoms with van der Waals surface area (Å²) in [5.74, 6) is 1.01. The van der Waals surface area contributed by atoms with Crippen molar-refractivity contribution in [2.24, 2.45) is 0 Å². The van der Waals surface area contributed by atoms with Crippen LogP contribution in [0.3, 0.4) is 0 Å². The minimum Gasteiger partial charge on any atom is -0.354 e. The molecule has 2 N–H and O–H groups in total. The topological polar surface area (TPSA) is 67.2 Å². The lowest BCUT2D eigenvalue weighted by molar-refractivity contribution is 0.243. The summed E-state index contributed by atoms with van der Waals surface area (Å²) in [7, 11) is 0. The van der Waals surface area contributed by atoms with Crippen LogP contribution in [-0.4, -0.2) is 16.7 Å². The van der Waals surface area contributed by atoms with Crippen LogP contribution in [0.4, 0.5) is 10.6 Å². The van der Waals surface area contributed by atoms with Gasteiger partial charge in [0, 0.05) is 17.2 Å². The van der Waals surface area contributed by atoms with Crippen LogP contribution in [0.1, 0.15) is 20.8 Å². The van der Waals surface area contributed by atoms with Crippen LogP contribution in [0, 0.1) is 0 Å². The first-order valence-electron chi connectivity index (χ1n) is 6.05. The Morgan fingerprint density at radius 1 is 1.21 bits per heavy atom. The molecule has 1 aromatic carbocycles. The van der Waals surface area contributed by atoms with Gasteiger partial charge in [0.15, 0.2) is 11.6 Å². The number of carbonyl (C=O) groups excluding carboxylic acids is 1. The van der Waals surface area contributed by atoms with Crippen LogP contribution < -0.4 is 10.6 Å². The zero-order valence-electron chi connectivity index (χ0n) is 11.2. The molecule has 0 spiro atoms. The number of amides is 2. The summed E-state index contributed by atoms with van der Waals surface area (Å²) in [6.45, 7) is 5.72. The standard InChI is InChI=1S/C14H17N3O2/c1-14(2,3)16-13(18)15-12-9-11(19-17-12)10-7-5-4-6-8-10/h4-9H,1-3H3,(H2,15,16,17,18). The third kappa shape index (κ3) is 3.84. The number of anilines is 1. The monoisotopic (exact) mass is 259 g/mol. The highest BCUT2D eigenvalue weighted by Crippen LogP contribution is 2.21. The molecule has 0 radical (unpaired) electrons. The molecule has 0 aliphatic rings. The van der Waals surface area contributed by atoms with E-state index >= 15 is 0 Å². The molecule has 5 nitrogen and oxygen atoms in total. The maximum Gasteiger partial charge on any atom is 0.320 e. The van der Waals surface area contributed by atoms with Gasteiger partial charge in [-0.05, 0) is 20.8 Å². The molecular weight excluding hydrogens is 242 g/mol. The Morgan fingerprint density at radius 2 is 1.89 bits per heavy atom. The Bertz CT molecular complexity index is 556. The summed E-state index contributed by atoms with van der Waals surface area (Å²) >= 11 is 0. The smallest absolute Gasteiger partial charge is 0.320 e. The van der Waals surface area contributed by atoms with E-state index in [4.69, 9.17) is 4.52 Å². The predicted molar refractivity (Wildman–Crippen MR) is 73.8 cm³/mol. The van der Waals surface area contributed by atoms with E-state index in [2.05, 4.69) is 15.8 Å². The molecule has 0 saturated carbocycles. The number of aromatic nitrogens is 1. The molecule has 0 aliphatic heterocycles. The van der Waals surface area contributed by atoms with E-state index in [0.29, 0.717) is 11.6 Å².